The summed E-state index contributed by atoms with van der Waals surface area (Å²) in [5.74, 6) is 0.0234. The Morgan fingerprint density at radius 2 is 1.74 bits per heavy atom. The van der Waals surface area contributed by atoms with Crippen LogP contribution in [-0.4, -0.2) is 100 Å². The van der Waals surface area contributed by atoms with Gasteiger partial charge in [-0.2, -0.15) is 4.31 Å². The Labute approximate surface area is 199 Å². The standard InChI is InChI=1S/C23H30N4O6S/c1-31-17-3-4-20-18(15-17)21(25-7-5-23(6-8-25)32-13-14-33-23)19(16-24-20)22(28)26-9-11-27(12-10-26)34(2,29)30/h3-4,15-16H,5-14H2,1-2H3. The van der Waals surface area contributed by atoms with Gasteiger partial charge < -0.3 is 24.0 Å². The summed E-state index contributed by atoms with van der Waals surface area (Å²) < 4.78 is 42.4. The predicted molar refractivity (Wildman–Crippen MR) is 127 cm³/mol. The molecule has 184 valence electrons. The van der Waals surface area contributed by atoms with Crippen LogP contribution in [0.4, 0.5) is 5.69 Å². The van der Waals surface area contributed by atoms with Crippen LogP contribution in [0.15, 0.2) is 24.4 Å². The summed E-state index contributed by atoms with van der Waals surface area (Å²) in [6.07, 6.45) is 4.26. The maximum absolute atomic E-state index is 13.7. The van der Waals surface area contributed by atoms with Gasteiger partial charge in [0.15, 0.2) is 5.79 Å². The number of carbonyl (C=O) groups is 1. The molecule has 0 N–H and O–H groups in total. The van der Waals surface area contributed by atoms with Gasteiger partial charge in [0.25, 0.3) is 5.91 Å². The lowest BCUT2D eigenvalue weighted by atomic mass is 9.99. The Morgan fingerprint density at radius 1 is 1.06 bits per heavy atom. The topological polar surface area (TPSA) is 102 Å². The van der Waals surface area contributed by atoms with Crippen LogP contribution in [-0.2, 0) is 19.5 Å². The van der Waals surface area contributed by atoms with E-state index in [-0.39, 0.29) is 19.0 Å². The van der Waals surface area contributed by atoms with Crippen LogP contribution in [0.2, 0.25) is 0 Å². The molecule has 1 spiro atoms. The molecule has 3 aliphatic heterocycles. The summed E-state index contributed by atoms with van der Waals surface area (Å²) in [6.45, 7) is 3.83. The third-order valence-electron chi connectivity index (χ3n) is 6.93. The number of rotatable bonds is 4. The van der Waals surface area contributed by atoms with Crippen molar-refractivity contribution in [2.45, 2.75) is 18.6 Å². The number of amides is 1. The predicted octanol–water partition coefficient (Wildman–Crippen LogP) is 1.30. The quantitative estimate of drug-likeness (QED) is 0.632. The lowest BCUT2D eigenvalue weighted by Crippen LogP contribution is -2.50. The van der Waals surface area contributed by atoms with Gasteiger partial charge in [-0.25, -0.2) is 8.42 Å². The van der Waals surface area contributed by atoms with Crippen molar-refractivity contribution in [3.05, 3.63) is 30.0 Å². The number of anilines is 1. The third-order valence-corrected chi connectivity index (χ3v) is 8.23. The minimum atomic E-state index is -3.28. The SMILES string of the molecule is COc1ccc2ncc(C(=O)N3CCN(S(C)(=O)=O)CC3)c(N3CCC4(CC3)OCCO4)c2c1. The van der Waals surface area contributed by atoms with Gasteiger partial charge in [-0.1, -0.05) is 0 Å². The number of piperidine rings is 1. The number of ether oxygens (including phenoxy) is 3. The number of nitrogens with zero attached hydrogens (tertiary/aromatic N) is 4. The normalized spacial score (nSPS) is 21.4. The first kappa shape index (κ1) is 23.3. The molecule has 3 fully saturated rings. The van der Waals surface area contributed by atoms with Gasteiger partial charge in [0.1, 0.15) is 5.75 Å². The molecule has 3 saturated heterocycles. The number of carbonyl (C=O) groups excluding carboxylic acids is 1. The van der Waals surface area contributed by atoms with E-state index in [2.05, 4.69) is 9.88 Å². The monoisotopic (exact) mass is 490 g/mol. The Kier molecular flexibility index (Phi) is 6.13. The highest BCUT2D eigenvalue weighted by Gasteiger charge is 2.41. The van der Waals surface area contributed by atoms with Crippen LogP contribution in [0.5, 0.6) is 5.75 Å². The lowest BCUT2D eigenvalue weighted by Gasteiger charge is -2.40. The number of aromatic nitrogens is 1. The summed E-state index contributed by atoms with van der Waals surface area (Å²) >= 11 is 0. The molecule has 11 heteroatoms. The summed E-state index contributed by atoms with van der Waals surface area (Å²) in [5, 5.41) is 0.851. The molecule has 2 aromatic rings. The van der Waals surface area contributed by atoms with Gasteiger partial charge in [0.05, 0.1) is 43.3 Å². The second-order valence-corrected chi connectivity index (χ2v) is 10.9. The average Bonchev–Trinajstić information content (AvgIpc) is 3.30. The van der Waals surface area contributed by atoms with E-state index >= 15 is 0 Å². The highest BCUT2D eigenvalue weighted by atomic mass is 32.2. The molecule has 0 bridgehead atoms. The number of hydrogen-bond donors (Lipinski definition) is 0. The van der Waals surface area contributed by atoms with Crippen LogP contribution in [0.1, 0.15) is 23.2 Å². The molecule has 0 aliphatic carbocycles. The zero-order valence-corrected chi connectivity index (χ0v) is 20.3. The molecule has 1 aromatic carbocycles. The number of fused-ring (bicyclic) bond motifs is 1. The van der Waals surface area contributed by atoms with E-state index < -0.39 is 15.8 Å². The van der Waals surface area contributed by atoms with Gasteiger partial charge >= 0.3 is 0 Å². The van der Waals surface area contributed by atoms with Crippen molar-refractivity contribution >= 4 is 32.5 Å². The Morgan fingerprint density at radius 3 is 2.35 bits per heavy atom. The fraction of sp³-hybridized carbons (Fsp3) is 0.565. The largest absolute Gasteiger partial charge is 0.497 e. The molecule has 10 nitrogen and oxygen atoms in total. The van der Waals surface area contributed by atoms with E-state index in [1.807, 2.05) is 18.2 Å². The van der Waals surface area contributed by atoms with Crippen LogP contribution in [0.3, 0.4) is 0 Å². The Hall–Kier alpha value is -2.47. The number of sulfonamides is 1. The van der Waals surface area contributed by atoms with Crippen LogP contribution in [0.25, 0.3) is 10.9 Å². The maximum Gasteiger partial charge on any atom is 0.257 e. The number of hydrogen-bond acceptors (Lipinski definition) is 8. The summed E-state index contributed by atoms with van der Waals surface area (Å²) in [7, 11) is -1.66. The van der Waals surface area contributed by atoms with Crippen LogP contribution in [0, 0.1) is 0 Å². The molecular weight excluding hydrogens is 460 g/mol. The molecule has 4 heterocycles. The third kappa shape index (κ3) is 4.33. The Balaban J connectivity index is 1.48. The molecule has 3 aliphatic rings. The first-order valence-electron chi connectivity index (χ1n) is 11.5. The minimum absolute atomic E-state index is 0.144. The van der Waals surface area contributed by atoms with Gasteiger partial charge in [-0.3, -0.25) is 9.78 Å². The first-order chi connectivity index (χ1) is 16.3. The van der Waals surface area contributed by atoms with Gasteiger partial charge in [-0.15, -0.1) is 0 Å². The summed E-state index contributed by atoms with van der Waals surface area (Å²) in [5.41, 5.74) is 2.12. The fourth-order valence-electron chi connectivity index (χ4n) is 5.03. The van der Waals surface area contributed by atoms with E-state index in [0.29, 0.717) is 63.5 Å². The molecule has 0 radical (unpaired) electrons. The van der Waals surface area contributed by atoms with Crippen molar-refractivity contribution in [2.75, 3.05) is 70.7 Å². The minimum Gasteiger partial charge on any atom is -0.497 e. The zero-order chi connectivity index (χ0) is 23.9. The van der Waals surface area contributed by atoms with Crippen molar-refractivity contribution in [3.8, 4) is 5.75 Å². The van der Waals surface area contributed by atoms with Crippen molar-refractivity contribution < 1.29 is 27.4 Å². The van der Waals surface area contributed by atoms with E-state index in [0.717, 1.165) is 16.6 Å². The zero-order valence-electron chi connectivity index (χ0n) is 19.5. The molecule has 0 unspecified atom stereocenters. The molecule has 0 saturated carbocycles. The van der Waals surface area contributed by atoms with Crippen LogP contribution >= 0.6 is 0 Å². The van der Waals surface area contributed by atoms with Crippen molar-refractivity contribution in [2.24, 2.45) is 0 Å². The van der Waals surface area contributed by atoms with Crippen molar-refractivity contribution in [1.82, 2.24) is 14.2 Å². The maximum atomic E-state index is 13.7. The Bertz CT molecular complexity index is 1180. The van der Waals surface area contributed by atoms with Gasteiger partial charge in [-0.05, 0) is 18.2 Å². The number of benzene rings is 1. The molecule has 0 atom stereocenters. The number of piperazine rings is 1. The molecule has 1 amide bonds. The second-order valence-electron chi connectivity index (χ2n) is 8.95. The smallest absolute Gasteiger partial charge is 0.257 e. The fourth-order valence-corrected chi connectivity index (χ4v) is 5.86. The molecule has 5 rings (SSSR count). The van der Waals surface area contributed by atoms with E-state index in [9.17, 15) is 13.2 Å². The van der Waals surface area contributed by atoms with E-state index in [1.54, 1.807) is 18.2 Å². The van der Waals surface area contributed by atoms with Gasteiger partial charge in [0, 0.05) is 63.7 Å². The highest BCUT2D eigenvalue weighted by molar-refractivity contribution is 7.88. The van der Waals surface area contributed by atoms with Crippen molar-refractivity contribution in [1.29, 1.82) is 0 Å². The highest BCUT2D eigenvalue weighted by Crippen LogP contribution is 2.38. The summed E-state index contributed by atoms with van der Waals surface area (Å²) in [6, 6.07) is 5.67. The molecule has 1 aromatic heterocycles. The van der Waals surface area contributed by atoms with E-state index in [1.165, 1.54) is 10.6 Å². The molecule has 34 heavy (non-hydrogen) atoms. The van der Waals surface area contributed by atoms with Crippen LogP contribution < -0.4 is 9.64 Å². The van der Waals surface area contributed by atoms with E-state index in [4.69, 9.17) is 14.2 Å². The molecular formula is C23H30N4O6S. The summed E-state index contributed by atoms with van der Waals surface area (Å²) in [4.78, 5) is 22.2. The number of pyridine rings is 1. The average molecular weight is 491 g/mol. The number of methoxy groups -OCH3 is 1. The van der Waals surface area contributed by atoms with Crippen molar-refractivity contribution in [3.63, 3.8) is 0 Å². The lowest BCUT2D eigenvalue weighted by molar-refractivity contribution is -0.169. The second kappa shape index (κ2) is 8.95. The van der Waals surface area contributed by atoms with Gasteiger partial charge in [0.2, 0.25) is 10.0 Å². The first-order valence-corrected chi connectivity index (χ1v) is 13.4.